The lowest BCUT2D eigenvalue weighted by Crippen LogP contribution is -2.54. The topological polar surface area (TPSA) is 105 Å². The van der Waals surface area contributed by atoms with Crippen LogP contribution in [0.25, 0.3) is 0 Å². The average Bonchev–Trinajstić information content (AvgIpc) is 3.11. The highest BCUT2D eigenvalue weighted by atomic mass is 19.1. The van der Waals surface area contributed by atoms with Gasteiger partial charge in [0.25, 0.3) is 5.91 Å². The number of hydrogen-bond donors (Lipinski definition) is 2. The number of carbonyl (C=O) groups is 3. The molecule has 0 spiro atoms. The molecule has 2 atom stereocenters. The molecule has 1 amide bonds. The largest absolute Gasteiger partial charge is 0.480 e. The van der Waals surface area contributed by atoms with Gasteiger partial charge >= 0.3 is 5.97 Å². The molecule has 2 N–H and O–H groups in total. The SMILES string of the molecule is CC(C)(C)C(=O)N1CCCC(c2nn(C(=O)C(C)(C)C)c(NCc3ccc(F)cc3)c2F)C1C(=O)O. The second-order valence-corrected chi connectivity index (χ2v) is 11.3. The molecule has 1 saturated heterocycles. The fourth-order valence-electron chi connectivity index (χ4n) is 4.30. The molecule has 3 rings (SSSR count). The Morgan fingerprint density at radius 1 is 1.03 bits per heavy atom. The number of amides is 1. The molecule has 196 valence electrons. The van der Waals surface area contributed by atoms with Gasteiger partial charge in [0.1, 0.15) is 17.6 Å². The third kappa shape index (κ3) is 5.57. The van der Waals surface area contributed by atoms with E-state index in [-0.39, 0.29) is 30.5 Å². The van der Waals surface area contributed by atoms with Gasteiger partial charge in [-0.05, 0) is 30.5 Å². The molecule has 1 fully saturated rings. The third-order valence-electron chi connectivity index (χ3n) is 6.20. The first-order valence-electron chi connectivity index (χ1n) is 12.0. The summed E-state index contributed by atoms with van der Waals surface area (Å²) in [5.74, 6) is -4.48. The van der Waals surface area contributed by atoms with Crippen LogP contribution >= 0.6 is 0 Å². The summed E-state index contributed by atoms with van der Waals surface area (Å²) in [7, 11) is 0. The molecule has 0 aliphatic carbocycles. The van der Waals surface area contributed by atoms with Crippen LogP contribution in [0.5, 0.6) is 0 Å². The van der Waals surface area contributed by atoms with Crippen molar-refractivity contribution in [3.63, 3.8) is 0 Å². The Kier molecular flexibility index (Phi) is 7.57. The zero-order valence-electron chi connectivity index (χ0n) is 21.6. The number of carbonyl (C=O) groups excluding carboxylic acids is 2. The minimum atomic E-state index is -1.32. The maximum absolute atomic E-state index is 15.9. The average molecular weight is 505 g/mol. The Hall–Kier alpha value is -3.30. The fraction of sp³-hybridized carbons (Fsp3) is 0.538. The van der Waals surface area contributed by atoms with E-state index in [1.165, 1.54) is 29.2 Å². The number of piperidine rings is 1. The second-order valence-electron chi connectivity index (χ2n) is 11.3. The van der Waals surface area contributed by atoms with Crippen molar-refractivity contribution in [3.8, 4) is 0 Å². The summed E-state index contributed by atoms with van der Waals surface area (Å²) in [5.41, 5.74) is -1.25. The van der Waals surface area contributed by atoms with E-state index in [1.54, 1.807) is 41.5 Å². The van der Waals surface area contributed by atoms with Crippen molar-refractivity contribution >= 4 is 23.6 Å². The number of aromatic nitrogens is 2. The van der Waals surface area contributed by atoms with Crippen LogP contribution in [0.15, 0.2) is 24.3 Å². The van der Waals surface area contributed by atoms with Gasteiger partial charge in [0.15, 0.2) is 11.6 Å². The maximum atomic E-state index is 15.9. The monoisotopic (exact) mass is 504 g/mol. The van der Waals surface area contributed by atoms with E-state index < -0.39 is 46.3 Å². The highest BCUT2D eigenvalue weighted by molar-refractivity contribution is 5.88. The molecule has 1 aromatic carbocycles. The zero-order valence-corrected chi connectivity index (χ0v) is 21.6. The smallest absolute Gasteiger partial charge is 0.327 e. The molecule has 8 nitrogen and oxygen atoms in total. The van der Waals surface area contributed by atoms with E-state index >= 15 is 4.39 Å². The number of carboxylic acid groups (broad SMARTS) is 1. The molecule has 1 aliphatic heterocycles. The lowest BCUT2D eigenvalue weighted by Gasteiger charge is -2.41. The van der Waals surface area contributed by atoms with Crippen LogP contribution in [0.3, 0.4) is 0 Å². The standard InChI is InChI=1S/C26H34F2N4O4/c1-25(2,3)23(35)31-13-7-8-17(20(31)22(33)34)19-18(28)21(32(30-19)24(36)26(4,5)6)29-14-15-9-11-16(27)12-10-15/h9-12,17,20,29H,7-8,13-14H2,1-6H3,(H,33,34). The van der Waals surface area contributed by atoms with Crippen LogP contribution in [0, 0.1) is 22.5 Å². The van der Waals surface area contributed by atoms with Gasteiger partial charge in [-0.2, -0.15) is 9.78 Å². The van der Waals surface area contributed by atoms with Crippen molar-refractivity contribution in [2.45, 2.75) is 72.9 Å². The van der Waals surface area contributed by atoms with Crippen LogP contribution in [-0.4, -0.2) is 50.2 Å². The molecule has 2 aromatic rings. The van der Waals surface area contributed by atoms with Gasteiger partial charge in [-0.25, -0.2) is 13.6 Å². The number of carboxylic acids is 1. The lowest BCUT2D eigenvalue weighted by atomic mass is 9.83. The normalized spacial score (nSPS) is 18.7. The van der Waals surface area contributed by atoms with Crippen LogP contribution in [0.1, 0.15) is 76.4 Å². The minimum absolute atomic E-state index is 0.0847. The van der Waals surface area contributed by atoms with Gasteiger partial charge in [0.05, 0.1) is 0 Å². The van der Waals surface area contributed by atoms with Crippen molar-refractivity contribution in [1.82, 2.24) is 14.7 Å². The Labute approximate surface area is 209 Å². The highest BCUT2D eigenvalue weighted by Gasteiger charge is 2.46. The Balaban J connectivity index is 2.06. The number of benzene rings is 1. The van der Waals surface area contributed by atoms with Gasteiger partial charge in [-0.15, -0.1) is 0 Å². The lowest BCUT2D eigenvalue weighted by molar-refractivity contribution is -0.157. The van der Waals surface area contributed by atoms with Gasteiger partial charge in [-0.3, -0.25) is 9.59 Å². The molecule has 2 unspecified atom stereocenters. The number of anilines is 1. The van der Waals surface area contributed by atoms with Gasteiger partial charge < -0.3 is 15.3 Å². The summed E-state index contributed by atoms with van der Waals surface area (Å²) in [6.45, 7) is 10.4. The first-order valence-corrected chi connectivity index (χ1v) is 12.0. The molecular weight excluding hydrogens is 470 g/mol. The van der Waals surface area contributed by atoms with Crippen molar-refractivity contribution in [2.75, 3.05) is 11.9 Å². The van der Waals surface area contributed by atoms with Gasteiger partial charge in [0, 0.05) is 29.8 Å². The van der Waals surface area contributed by atoms with E-state index in [0.717, 1.165) is 4.68 Å². The number of hydrogen-bond acceptors (Lipinski definition) is 5. The molecule has 0 radical (unpaired) electrons. The molecular formula is C26H34F2N4O4. The van der Waals surface area contributed by atoms with Crippen molar-refractivity contribution in [3.05, 3.63) is 47.2 Å². The summed E-state index contributed by atoms with van der Waals surface area (Å²) in [6, 6.07) is 4.29. The molecule has 0 saturated carbocycles. The first-order chi connectivity index (χ1) is 16.6. The van der Waals surface area contributed by atoms with Crippen molar-refractivity contribution < 1.29 is 28.3 Å². The van der Waals surface area contributed by atoms with Gasteiger partial charge in [-0.1, -0.05) is 53.7 Å². The number of rotatable bonds is 5. The van der Waals surface area contributed by atoms with Crippen molar-refractivity contribution in [1.29, 1.82) is 0 Å². The molecule has 0 bridgehead atoms. The van der Waals surface area contributed by atoms with E-state index in [1.807, 2.05) is 0 Å². The number of halogens is 2. The molecule has 10 heteroatoms. The fourth-order valence-corrected chi connectivity index (χ4v) is 4.30. The van der Waals surface area contributed by atoms with E-state index in [4.69, 9.17) is 0 Å². The van der Waals surface area contributed by atoms with Gasteiger partial charge in [0.2, 0.25) is 5.91 Å². The van der Waals surface area contributed by atoms with E-state index in [2.05, 4.69) is 10.4 Å². The summed E-state index contributed by atoms with van der Waals surface area (Å²) in [4.78, 5) is 39.8. The van der Waals surface area contributed by atoms with Crippen molar-refractivity contribution in [2.24, 2.45) is 10.8 Å². The predicted molar refractivity (Wildman–Crippen MR) is 131 cm³/mol. The van der Waals surface area contributed by atoms with Crippen LogP contribution in [0.2, 0.25) is 0 Å². The quantitative estimate of drug-likeness (QED) is 0.614. The molecule has 1 aromatic heterocycles. The van der Waals surface area contributed by atoms with E-state index in [9.17, 15) is 23.9 Å². The highest BCUT2D eigenvalue weighted by Crippen LogP contribution is 2.38. The van der Waals surface area contributed by atoms with Crippen LogP contribution in [0.4, 0.5) is 14.6 Å². The molecule has 36 heavy (non-hydrogen) atoms. The number of nitrogens with one attached hydrogen (secondary N) is 1. The third-order valence-corrected chi connectivity index (χ3v) is 6.20. The Morgan fingerprint density at radius 2 is 1.61 bits per heavy atom. The number of aliphatic carboxylic acids is 1. The summed E-state index contributed by atoms with van der Waals surface area (Å²) < 4.78 is 30.2. The second kappa shape index (κ2) is 9.99. The minimum Gasteiger partial charge on any atom is -0.480 e. The molecule has 1 aliphatic rings. The number of nitrogens with zero attached hydrogens (tertiary/aromatic N) is 3. The Morgan fingerprint density at radius 3 is 2.14 bits per heavy atom. The molecule has 2 heterocycles. The summed E-state index contributed by atoms with van der Waals surface area (Å²) >= 11 is 0. The number of likely N-dealkylation sites (tertiary alicyclic amines) is 1. The van der Waals surface area contributed by atoms with Crippen LogP contribution in [-0.2, 0) is 16.1 Å². The summed E-state index contributed by atoms with van der Waals surface area (Å²) in [6.07, 6.45) is 0.758. The zero-order chi connectivity index (χ0) is 27.0. The Bertz CT molecular complexity index is 1150. The summed E-state index contributed by atoms with van der Waals surface area (Å²) in [5, 5.41) is 17.2. The van der Waals surface area contributed by atoms with Crippen LogP contribution < -0.4 is 5.32 Å². The first kappa shape index (κ1) is 27.3. The maximum Gasteiger partial charge on any atom is 0.327 e. The predicted octanol–water partition coefficient (Wildman–Crippen LogP) is 4.67. The van der Waals surface area contributed by atoms with E-state index in [0.29, 0.717) is 18.4 Å².